The Balaban J connectivity index is 2.70. The summed E-state index contributed by atoms with van der Waals surface area (Å²) in [5, 5.41) is 16.0. The third kappa shape index (κ3) is 3.56. The van der Waals surface area contributed by atoms with E-state index in [9.17, 15) is 4.79 Å². The lowest BCUT2D eigenvalue weighted by Crippen LogP contribution is -2.46. The summed E-state index contributed by atoms with van der Waals surface area (Å²) < 4.78 is 1.71. The van der Waals surface area contributed by atoms with Crippen molar-refractivity contribution >= 4 is 5.91 Å². The van der Waals surface area contributed by atoms with Gasteiger partial charge in [0, 0.05) is 24.9 Å². The summed E-state index contributed by atoms with van der Waals surface area (Å²) >= 11 is 0. The van der Waals surface area contributed by atoms with Crippen molar-refractivity contribution in [2.24, 2.45) is 0 Å². The highest BCUT2D eigenvalue weighted by atomic mass is 16.3. The second-order valence-corrected chi connectivity index (χ2v) is 4.43. The van der Waals surface area contributed by atoms with Crippen LogP contribution in [0.25, 0.3) is 0 Å². The number of rotatable bonds is 6. The summed E-state index contributed by atoms with van der Waals surface area (Å²) in [6.45, 7) is 6.71. The monoisotopic (exact) mass is 239 g/mol. The van der Waals surface area contributed by atoms with Crippen molar-refractivity contribution in [3.63, 3.8) is 0 Å². The highest BCUT2D eigenvalue weighted by molar-refractivity contribution is 5.94. The van der Waals surface area contributed by atoms with Crippen LogP contribution in [0, 0.1) is 0 Å². The molecule has 0 aliphatic heterocycles. The smallest absolute Gasteiger partial charge is 0.254 e. The first-order chi connectivity index (χ1) is 8.04. The average molecular weight is 239 g/mol. The van der Waals surface area contributed by atoms with E-state index in [0.29, 0.717) is 12.0 Å². The second-order valence-electron chi connectivity index (χ2n) is 4.43. The molecule has 0 unspecified atom stereocenters. The number of hydrogen-bond donors (Lipinski definition) is 2. The summed E-state index contributed by atoms with van der Waals surface area (Å²) in [6.07, 6.45) is 4.62. The molecule has 0 spiro atoms. The van der Waals surface area contributed by atoms with Gasteiger partial charge < -0.3 is 10.4 Å². The highest BCUT2D eigenvalue weighted by Gasteiger charge is 2.24. The Morgan fingerprint density at radius 2 is 2.29 bits per heavy atom. The first-order valence-corrected chi connectivity index (χ1v) is 6.00. The fourth-order valence-corrected chi connectivity index (χ4v) is 1.57. The molecular weight excluding hydrogens is 218 g/mol. The van der Waals surface area contributed by atoms with E-state index >= 15 is 0 Å². The van der Waals surface area contributed by atoms with E-state index in [1.165, 1.54) is 0 Å². The van der Waals surface area contributed by atoms with Gasteiger partial charge in [-0.05, 0) is 26.7 Å². The Morgan fingerprint density at radius 1 is 1.59 bits per heavy atom. The number of aromatic nitrogens is 2. The Labute approximate surface area is 102 Å². The Kier molecular flexibility index (Phi) is 4.69. The van der Waals surface area contributed by atoms with Gasteiger partial charge in [-0.15, -0.1) is 0 Å². The molecular formula is C12H21N3O2. The number of aliphatic hydroxyl groups is 1. The Hall–Kier alpha value is -1.36. The van der Waals surface area contributed by atoms with Crippen LogP contribution in [0.15, 0.2) is 12.4 Å². The average Bonchev–Trinajstić information content (AvgIpc) is 2.78. The first-order valence-electron chi connectivity index (χ1n) is 6.00. The molecule has 1 aromatic rings. The third-order valence-electron chi connectivity index (χ3n) is 3.08. The van der Waals surface area contributed by atoms with E-state index < -0.39 is 0 Å². The summed E-state index contributed by atoms with van der Waals surface area (Å²) in [6, 6.07) is 0. The quantitative estimate of drug-likeness (QED) is 0.783. The van der Waals surface area contributed by atoms with Gasteiger partial charge in [-0.1, -0.05) is 6.92 Å². The van der Waals surface area contributed by atoms with Gasteiger partial charge in [-0.2, -0.15) is 5.10 Å². The molecule has 0 saturated heterocycles. The number of amides is 1. The SMILES string of the molecule is CCn1cc(C(=O)N[C@@](C)(CC)CCO)cn1. The molecule has 1 heterocycles. The molecule has 1 aromatic heterocycles. The molecule has 1 atom stereocenters. The van der Waals surface area contributed by atoms with Crippen LogP contribution in [0.5, 0.6) is 0 Å². The van der Waals surface area contributed by atoms with Crippen molar-refractivity contribution in [3.8, 4) is 0 Å². The predicted molar refractivity (Wildman–Crippen MR) is 65.8 cm³/mol. The van der Waals surface area contributed by atoms with Crippen LogP contribution in [-0.2, 0) is 6.54 Å². The molecule has 0 radical (unpaired) electrons. The second kappa shape index (κ2) is 5.82. The molecule has 1 amide bonds. The van der Waals surface area contributed by atoms with E-state index in [1.54, 1.807) is 17.1 Å². The van der Waals surface area contributed by atoms with Gasteiger partial charge in [0.2, 0.25) is 0 Å². The van der Waals surface area contributed by atoms with Crippen LogP contribution < -0.4 is 5.32 Å². The number of carbonyl (C=O) groups excluding carboxylic acids is 1. The van der Waals surface area contributed by atoms with Crippen molar-refractivity contribution < 1.29 is 9.90 Å². The lowest BCUT2D eigenvalue weighted by molar-refractivity contribution is 0.0886. The van der Waals surface area contributed by atoms with E-state index in [0.717, 1.165) is 13.0 Å². The normalized spacial score (nSPS) is 14.4. The molecule has 0 aliphatic carbocycles. The van der Waals surface area contributed by atoms with Crippen molar-refractivity contribution in [1.29, 1.82) is 0 Å². The topological polar surface area (TPSA) is 67.2 Å². The lowest BCUT2D eigenvalue weighted by Gasteiger charge is -2.28. The Bertz CT molecular complexity index is 376. The van der Waals surface area contributed by atoms with Crippen LogP contribution in [-0.4, -0.2) is 32.9 Å². The van der Waals surface area contributed by atoms with E-state index in [1.807, 2.05) is 20.8 Å². The van der Waals surface area contributed by atoms with Gasteiger partial charge in [0.1, 0.15) is 0 Å². The van der Waals surface area contributed by atoms with Crippen molar-refractivity contribution in [2.75, 3.05) is 6.61 Å². The number of aryl methyl sites for hydroxylation is 1. The van der Waals surface area contributed by atoms with Crippen molar-refractivity contribution in [1.82, 2.24) is 15.1 Å². The molecule has 0 fully saturated rings. The fraction of sp³-hybridized carbons (Fsp3) is 0.667. The van der Waals surface area contributed by atoms with Gasteiger partial charge in [0.05, 0.1) is 11.8 Å². The zero-order valence-electron chi connectivity index (χ0n) is 10.7. The zero-order chi connectivity index (χ0) is 12.9. The van der Waals surface area contributed by atoms with E-state index in [-0.39, 0.29) is 18.1 Å². The van der Waals surface area contributed by atoms with Gasteiger partial charge in [0.15, 0.2) is 0 Å². The third-order valence-corrected chi connectivity index (χ3v) is 3.08. The number of hydrogen-bond acceptors (Lipinski definition) is 3. The summed E-state index contributed by atoms with van der Waals surface area (Å²) in [5.41, 5.74) is 0.199. The van der Waals surface area contributed by atoms with Crippen molar-refractivity contribution in [3.05, 3.63) is 18.0 Å². The molecule has 0 bridgehead atoms. The van der Waals surface area contributed by atoms with Crippen LogP contribution in [0.2, 0.25) is 0 Å². The molecule has 0 aromatic carbocycles. The van der Waals surface area contributed by atoms with Gasteiger partial charge in [-0.3, -0.25) is 9.48 Å². The predicted octanol–water partition coefficient (Wildman–Crippen LogP) is 1.18. The molecule has 0 aliphatic rings. The minimum absolute atomic E-state index is 0.0683. The zero-order valence-corrected chi connectivity index (χ0v) is 10.7. The molecule has 1 rings (SSSR count). The first kappa shape index (κ1) is 13.7. The summed E-state index contributed by atoms with van der Waals surface area (Å²) in [7, 11) is 0. The molecule has 5 nitrogen and oxygen atoms in total. The maximum Gasteiger partial charge on any atom is 0.254 e. The fourth-order valence-electron chi connectivity index (χ4n) is 1.57. The minimum Gasteiger partial charge on any atom is -0.396 e. The minimum atomic E-state index is -0.361. The Morgan fingerprint density at radius 3 is 2.76 bits per heavy atom. The molecule has 17 heavy (non-hydrogen) atoms. The number of carbonyl (C=O) groups is 1. The van der Waals surface area contributed by atoms with E-state index in [2.05, 4.69) is 10.4 Å². The van der Waals surface area contributed by atoms with Crippen LogP contribution >= 0.6 is 0 Å². The van der Waals surface area contributed by atoms with E-state index in [4.69, 9.17) is 5.11 Å². The number of aliphatic hydroxyl groups excluding tert-OH is 1. The lowest BCUT2D eigenvalue weighted by atomic mass is 9.94. The van der Waals surface area contributed by atoms with Crippen LogP contribution in [0.1, 0.15) is 44.0 Å². The molecule has 96 valence electrons. The van der Waals surface area contributed by atoms with Crippen molar-refractivity contribution in [2.45, 2.75) is 45.7 Å². The maximum absolute atomic E-state index is 12.0. The molecule has 0 saturated carbocycles. The molecule has 5 heteroatoms. The number of nitrogens with one attached hydrogen (secondary N) is 1. The van der Waals surface area contributed by atoms with Gasteiger partial charge in [-0.25, -0.2) is 0 Å². The van der Waals surface area contributed by atoms with Gasteiger partial charge in [0.25, 0.3) is 5.91 Å². The number of nitrogens with zero attached hydrogens (tertiary/aromatic N) is 2. The standard InChI is InChI=1S/C12H21N3O2/c1-4-12(3,6-7-16)14-11(17)10-8-13-15(5-2)9-10/h8-9,16H,4-7H2,1-3H3,(H,14,17)/t12-/m0/s1. The summed E-state index contributed by atoms with van der Waals surface area (Å²) in [5.74, 6) is -0.137. The van der Waals surface area contributed by atoms with Crippen LogP contribution in [0.3, 0.4) is 0 Å². The largest absolute Gasteiger partial charge is 0.396 e. The van der Waals surface area contributed by atoms with Gasteiger partial charge >= 0.3 is 0 Å². The maximum atomic E-state index is 12.0. The summed E-state index contributed by atoms with van der Waals surface area (Å²) in [4.78, 5) is 12.0. The molecule has 2 N–H and O–H groups in total. The highest BCUT2D eigenvalue weighted by Crippen LogP contribution is 2.14. The van der Waals surface area contributed by atoms with Crippen LogP contribution in [0.4, 0.5) is 0 Å².